The van der Waals surface area contributed by atoms with Crippen LogP contribution >= 0.6 is 11.8 Å². The lowest BCUT2D eigenvalue weighted by Gasteiger charge is -2.14. The molecular formula is C32H42N14O8S. The lowest BCUT2D eigenvalue weighted by Crippen LogP contribution is -2.33. The predicted molar refractivity (Wildman–Crippen MR) is 201 cm³/mol. The highest BCUT2D eigenvalue weighted by Gasteiger charge is 2.36. The van der Waals surface area contributed by atoms with Crippen LogP contribution in [0.15, 0.2) is 56.4 Å². The zero-order valence-electron chi connectivity index (χ0n) is 29.7. The fourth-order valence-electron chi connectivity index (χ4n) is 6.16. The number of nitrogens with two attached hydrogens (primary N) is 2. The lowest BCUT2D eigenvalue weighted by atomic mass is 10.1. The van der Waals surface area contributed by atoms with E-state index in [0.29, 0.717) is 17.4 Å². The van der Waals surface area contributed by atoms with Gasteiger partial charge in [-0.2, -0.15) is 15.0 Å². The topological polar surface area (TPSA) is 325 Å². The minimum Gasteiger partial charge on any atom is -0.396 e. The maximum absolute atomic E-state index is 11.7. The molecule has 22 nitrogen and oxygen atoms in total. The monoisotopic (exact) mass is 782 g/mol. The number of nitrogen functional groups attached to an aromatic ring is 2. The van der Waals surface area contributed by atoms with Crippen LogP contribution in [0, 0.1) is 12.8 Å². The Morgan fingerprint density at radius 3 is 2.49 bits per heavy atom. The molecule has 0 amide bonds. The third-order valence-corrected chi connectivity index (χ3v) is 10.3. The number of H-pyrrole nitrogens is 1. The van der Waals surface area contributed by atoms with E-state index in [4.69, 9.17) is 36.7 Å². The van der Waals surface area contributed by atoms with Crippen LogP contribution in [0.25, 0.3) is 21.6 Å². The number of thioether (sulfide) groups is 1. The highest BCUT2D eigenvalue weighted by atomic mass is 32.2. The molecule has 4 aliphatic rings. The smallest absolute Gasteiger partial charge is 0.351 e. The molecule has 0 bridgehead atoms. The first-order valence-electron chi connectivity index (χ1n) is 17.4. The van der Waals surface area contributed by atoms with Crippen molar-refractivity contribution >= 4 is 40.5 Å². The van der Waals surface area contributed by atoms with Gasteiger partial charge < -0.3 is 46.1 Å². The van der Waals surface area contributed by atoms with Gasteiger partial charge in [-0.1, -0.05) is 17.3 Å². The molecular weight excluding hydrogens is 741 g/mol. The molecule has 3 fully saturated rings. The maximum atomic E-state index is 11.7. The molecule has 6 heterocycles. The Hall–Kier alpha value is -5.29. The SMILES string of the molecule is Cc1cn([C@H]2C[C@H](N=[N+]=[N-])[C@@H](CO)O2)c(=O)[nH]c1=O.Nc1ccn([C@@H]2CS[C@H](CO)O2)c(=O)n1.Nc1nc(NC2CC2)c2ncn([C@H]3C=C[C@@H](CO)C3)c2n1. The molecule has 294 valence electrons. The first-order valence-corrected chi connectivity index (χ1v) is 18.5. The van der Waals surface area contributed by atoms with E-state index in [1.54, 1.807) is 25.5 Å². The van der Waals surface area contributed by atoms with E-state index in [1.807, 2.05) is 10.6 Å². The average molecular weight is 783 g/mol. The summed E-state index contributed by atoms with van der Waals surface area (Å²) >= 11 is 1.47. The normalized spacial score (nSPS) is 25.5. The van der Waals surface area contributed by atoms with Gasteiger partial charge in [0.25, 0.3) is 5.56 Å². The summed E-state index contributed by atoms with van der Waals surface area (Å²) in [5.41, 5.74) is 19.8. The fraction of sp³-hybridized carbons (Fsp3) is 0.531. The zero-order valence-corrected chi connectivity index (χ0v) is 30.5. The van der Waals surface area contributed by atoms with Crippen molar-refractivity contribution in [3.05, 3.63) is 84.3 Å². The Morgan fingerprint density at radius 2 is 1.84 bits per heavy atom. The van der Waals surface area contributed by atoms with Crippen molar-refractivity contribution in [2.75, 3.05) is 42.4 Å². The molecule has 0 radical (unpaired) electrons. The number of hydrogen-bond donors (Lipinski definition) is 7. The van der Waals surface area contributed by atoms with Gasteiger partial charge in [0.1, 0.15) is 23.7 Å². The van der Waals surface area contributed by atoms with Crippen molar-refractivity contribution in [3.63, 3.8) is 0 Å². The molecule has 23 heteroatoms. The molecule has 2 aliphatic carbocycles. The Kier molecular flexibility index (Phi) is 12.5. The number of azide groups is 1. The number of aliphatic hydroxyl groups is 3. The van der Waals surface area contributed by atoms with Gasteiger partial charge in [-0.3, -0.25) is 18.9 Å². The van der Waals surface area contributed by atoms with E-state index in [0.717, 1.165) is 36.2 Å². The lowest BCUT2D eigenvalue weighted by molar-refractivity contribution is -0.0271. The van der Waals surface area contributed by atoms with E-state index in [1.165, 1.54) is 27.1 Å². The van der Waals surface area contributed by atoms with Gasteiger partial charge >= 0.3 is 11.4 Å². The van der Waals surface area contributed by atoms with Crippen molar-refractivity contribution in [1.82, 2.24) is 38.6 Å². The van der Waals surface area contributed by atoms with Crippen molar-refractivity contribution < 1.29 is 24.8 Å². The third kappa shape index (κ3) is 9.33. The zero-order chi connectivity index (χ0) is 39.2. The van der Waals surface area contributed by atoms with Gasteiger partial charge in [-0.25, -0.2) is 14.6 Å². The summed E-state index contributed by atoms with van der Waals surface area (Å²) in [6.45, 7) is 1.37. The fourth-order valence-corrected chi connectivity index (χ4v) is 7.09. The quantitative estimate of drug-likeness (QED) is 0.0520. The van der Waals surface area contributed by atoms with Gasteiger partial charge in [-0.05, 0) is 37.8 Å². The Morgan fingerprint density at radius 1 is 1.04 bits per heavy atom. The second-order valence-corrected chi connectivity index (χ2v) is 14.4. The number of aromatic nitrogens is 8. The highest BCUT2D eigenvalue weighted by Crippen LogP contribution is 2.33. The van der Waals surface area contributed by atoms with Gasteiger partial charge in [-0.15, -0.1) is 11.8 Å². The van der Waals surface area contributed by atoms with Crippen molar-refractivity contribution in [1.29, 1.82) is 0 Å². The average Bonchev–Trinajstić information content (AvgIpc) is 3.57. The number of anilines is 3. The van der Waals surface area contributed by atoms with E-state index in [9.17, 15) is 19.5 Å². The first-order chi connectivity index (χ1) is 26.5. The Bertz CT molecular complexity index is 2230. The summed E-state index contributed by atoms with van der Waals surface area (Å²) in [4.78, 5) is 56.0. The molecule has 4 aromatic rings. The van der Waals surface area contributed by atoms with Crippen LogP contribution in [0.4, 0.5) is 17.6 Å². The van der Waals surface area contributed by atoms with Gasteiger partial charge in [0, 0.05) is 53.6 Å². The Balaban J connectivity index is 0.000000142. The van der Waals surface area contributed by atoms with Crippen LogP contribution in [0.1, 0.15) is 49.7 Å². The molecule has 8 rings (SSSR count). The molecule has 55 heavy (non-hydrogen) atoms. The van der Waals surface area contributed by atoms with Gasteiger partial charge in [0.15, 0.2) is 17.0 Å². The van der Waals surface area contributed by atoms with E-state index in [2.05, 4.69) is 46.3 Å². The van der Waals surface area contributed by atoms with Crippen molar-refractivity contribution in [2.45, 2.75) is 74.7 Å². The number of nitrogens with one attached hydrogen (secondary N) is 2. The van der Waals surface area contributed by atoms with E-state index in [-0.39, 0.29) is 61.6 Å². The third-order valence-electron chi connectivity index (χ3n) is 9.18. The summed E-state index contributed by atoms with van der Waals surface area (Å²) in [6, 6.07) is 1.65. The van der Waals surface area contributed by atoms with Crippen LogP contribution in [0.2, 0.25) is 0 Å². The molecule has 0 spiro atoms. The number of aliphatic hydroxyl groups excluding tert-OH is 3. The van der Waals surface area contributed by atoms with Crippen LogP contribution in [-0.4, -0.2) is 103 Å². The van der Waals surface area contributed by atoms with Crippen LogP contribution in [0.3, 0.4) is 0 Å². The number of fused-ring (bicyclic) bond motifs is 1. The highest BCUT2D eigenvalue weighted by molar-refractivity contribution is 8.00. The van der Waals surface area contributed by atoms with Crippen molar-refractivity contribution in [2.24, 2.45) is 11.0 Å². The molecule has 2 saturated heterocycles. The van der Waals surface area contributed by atoms with Crippen LogP contribution in [0.5, 0.6) is 0 Å². The Labute approximate surface area is 315 Å². The van der Waals surface area contributed by atoms with Crippen LogP contribution in [-0.2, 0) is 9.47 Å². The number of aryl methyl sites for hydroxylation is 1. The summed E-state index contributed by atoms with van der Waals surface area (Å²) in [6.07, 6.45) is 10.6. The number of allylic oxidation sites excluding steroid dienone is 1. The first kappa shape index (κ1) is 39.4. The van der Waals surface area contributed by atoms with Crippen LogP contribution < -0.4 is 33.7 Å². The van der Waals surface area contributed by atoms with Crippen molar-refractivity contribution in [3.8, 4) is 0 Å². The second-order valence-electron chi connectivity index (χ2n) is 13.2. The number of ether oxygens (including phenoxy) is 2. The maximum Gasteiger partial charge on any atom is 0.351 e. The number of hydrogen-bond acceptors (Lipinski definition) is 17. The summed E-state index contributed by atoms with van der Waals surface area (Å²) in [5.74, 6) is 2.00. The molecule has 2 aliphatic heterocycles. The number of nitrogens with zero attached hydrogens (tertiary/aromatic N) is 10. The standard InChI is InChI=1S/C14H18N6O.C10H13N5O4.C8H11N3O3S/c15-14-18-12(17-9-2-3-9)11-13(19-14)20(7-16-11)10-4-1-8(5-10)6-21;1-5-3-15(10(18)12-9(5)17)8-2-6(13-14-11)7(4-16)19-8;9-5-1-2-11(8(13)10-5)6-4-15-7(3-12)14-6/h1,4,7-10,21H,2-3,5-6H2,(H3,15,17,18,19);3,6-8,16H,2,4H2,1H3,(H,12,17,18);1-2,6-7,12H,3-4H2,(H2,9,10,13)/t8-,10+;6-,7+,8+;6-,7+/m100/s1. The number of rotatable bonds is 9. The second kappa shape index (κ2) is 17.5. The predicted octanol–water partition coefficient (Wildman–Crippen LogP) is 0.302. The molecule has 1 saturated carbocycles. The molecule has 7 atom stereocenters. The summed E-state index contributed by atoms with van der Waals surface area (Å²) in [5, 5.41) is 34.2. The molecule has 0 unspecified atom stereocenters. The summed E-state index contributed by atoms with van der Waals surface area (Å²) in [7, 11) is 0. The largest absolute Gasteiger partial charge is 0.396 e. The van der Waals surface area contributed by atoms with Gasteiger partial charge in [0.05, 0.1) is 37.7 Å². The van der Waals surface area contributed by atoms with Gasteiger partial charge in [0.2, 0.25) is 5.95 Å². The minimum absolute atomic E-state index is 0.0572. The van der Waals surface area contributed by atoms with E-state index < -0.39 is 35.3 Å². The van der Waals surface area contributed by atoms with E-state index >= 15 is 0 Å². The molecule has 0 aromatic carbocycles. The number of imidazole rings is 1. The molecule has 9 N–H and O–H groups in total. The minimum atomic E-state index is -0.671. The molecule has 4 aromatic heterocycles. The summed E-state index contributed by atoms with van der Waals surface area (Å²) < 4.78 is 15.5. The number of aromatic amines is 1.